The highest BCUT2D eigenvalue weighted by Gasteiger charge is 2.35. The fraction of sp³-hybridized carbons (Fsp3) is 0.409. The normalized spacial score (nSPS) is 13.8. The molecule has 1 aromatic heterocycles. The molecule has 1 aromatic carbocycles. The van der Waals surface area contributed by atoms with E-state index in [-0.39, 0.29) is 23.1 Å². The molecule has 0 atom stereocenters. The van der Waals surface area contributed by atoms with Crippen LogP contribution in [0.1, 0.15) is 42.6 Å². The number of amides is 2. The van der Waals surface area contributed by atoms with E-state index in [0.29, 0.717) is 30.9 Å². The van der Waals surface area contributed by atoms with Gasteiger partial charge in [0.05, 0.1) is 5.56 Å². The predicted molar refractivity (Wildman–Crippen MR) is 110 cm³/mol. The summed E-state index contributed by atoms with van der Waals surface area (Å²) in [5.41, 5.74) is 8.00. The summed E-state index contributed by atoms with van der Waals surface area (Å²) >= 11 is 0. The van der Waals surface area contributed by atoms with Gasteiger partial charge in [-0.3, -0.25) is 14.6 Å². The van der Waals surface area contributed by atoms with Gasteiger partial charge in [0, 0.05) is 37.1 Å². The fourth-order valence-corrected chi connectivity index (χ4v) is 3.00. The molecule has 28 heavy (non-hydrogen) atoms. The van der Waals surface area contributed by atoms with Crippen molar-refractivity contribution in [1.82, 2.24) is 9.88 Å². The number of hydrogen-bond acceptors (Lipinski definition) is 4. The highest BCUT2D eigenvalue weighted by atomic mass is 16.2. The lowest BCUT2D eigenvalue weighted by Crippen LogP contribution is -2.42. The Balaban J connectivity index is 1.65. The van der Waals surface area contributed by atoms with E-state index in [4.69, 9.17) is 5.73 Å². The van der Waals surface area contributed by atoms with Crippen molar-refractivity contribution in [3.05, 3.63) is 59.9 Å². The molecular formula is C22H28N4O2. The smallest absolute Gasteiger partial charge is 0.257 e. The highest BCUT2D eigenvalue weighted by molar-refractivity contribution is 6.04. The van der Waals surface area contributed by atoms with Gasteiger partial charge in [0.1, 0.15) is 0 Å². The molecule has 0 aliphatic heterocycles. The largest absolute Gasteiger partial charge is 0.338 e. The van der Waals surface area contributed by atoms with E-state index in [2.05, 4.69) is 24.1 Å². The molecular weight excluding hydrogens is 352 g/mol. The molecule has 3 N–H and O–H groups in total. The Morgan fingerprint density at radius 1 is 1.21 bits per heavy atom. The van der Waals surface area contributed by atoms with Crippen molar-refractivity contribution in [3.63, 3.8) is 0 Å². The Morgan fingerprint density at radius 2 is 1.93 bits per heavy atom. The van der Waals surface area contributed by atoms with Gasteiger partial charge in [-0.1, -0.05) is 26.0 Å². The zero-order chi connectivity index (χ0) is 20.1. The third kappa shape index (κ3) is 5.39. The van der Waals surface area contributed by atoms with E-state index in [1.165, 1.54) is 6.20 Å². The van der Waals surface area contributed by atoms with Gasteiger partial charge in [0.25, 0.3) is 5.91 Å². The van der Waals surface area contributed by atoms with Crippen LogP contribution in [0.2, 0.25) is 0 Å². The molecule has 6 heteroatoms. The third-order valence-electron chi connectivity index (χ3n) is 4.92. The lowest BCUT2D eigenvalue weighted by molar-refractivity contribution is -0.134. The molecule has 6 nitrogen and oxygen atoms in total. The SMILES string of the molecule is CC(C)(CN)CN(Cc1ccc(NC(=O)c2cccnc2)cc1)C(=O)C1CC1. The molecule has 0 saturated heterocycles. The van der Waals surface area contributed by atoms with Crippen LogP contribution in [0.3, 0.4) is 0 Å². The van der Waals surface area contributed by atoms with Crippen LogP contribution in [0.25, 0.3) is 0 Å². The molecule has 0 spiro atoms. The minimum absolute atomic E-state index is 0.123. The number of anilines is 1. The van der Waals surface area contributed by atoms with Crippen molar-refractivity contribution >= 4 is 17.5 Å². The molecule has 1 fully saturated rings. The second-order valence-corrected chi connectivity index (χ2v) is 8.23. The van der Waals surface area contributed by atoms with Crippen molar-refractivity contribution in [2.45, 2.75) is 33.2 Å². The van der Waals surface area contributed by atoms with Gasteiger partial charge >= 0.3 is 0 Å². The average Bonchev–Trinajstić information content (AvgIpc) is 3.54. The van der Waals surface area contributed by atoms with Crippen molar-refractivity contribution in [1.29, 1.82) is 0 Å². The van der Waals surface area contributed by atoms with Crippen LogP contribution in [0.5, 0.6) is 0 Å². The van der Waals surface area contributed by atoms with Crippen molar-refractivity contribution in [2.75, 3.05) is 18.4 Å². The molecule has 3 rings (SSSR count). The second-order valence-electron chi connectivity index (χ2n) is 8.23. The average molecular weight is 380 g/mol. The van der Waals surface area contributed by atoms with Gasteiger partial charge in [-0.25, -0.2) is 0 Å². The lowest BCUT2D eigenvalue weighted by Gasteiger charge is -2.32. The number of nitrogens with zero attached hydrogens (tertiary/aromatic N) is 2. The molecule has 1 aliphatic rings. The van der Waals surface area contributed by atoms with E-state index in [9.17, 15) is 9.59 Å². The van der Waals surface area contributed by atoms with Crippen LogP contribution in [-0.2, 0) is 11.3 Å². The number of nitrogens with two attached hydrogens (primary N) is 1. The molecule has 0 unspecified atom stereocenters. The van der Waals surface area contributed by atoms with Crippen LogP contribution in [0.4, 0.5) is 5.69 Å². The Labute approximate surface area is 166 Å². The van der Waals surface area contributed by atoms with Crippen LogP contribution in [0.15, 0.2) is 48.8 Å². The van der Waals surface area contributed by atoms with Gasteiger partial charge in [0.2, 0.25) is 5.91 Å². The third-order valence-corrected chi connectivity index (χ3v) is 4.92. The van der Waals surface area contributed by atoms with Crippen LogP contribution in [0, 0.1) is 11.3 Å². The molecule has 1 heterocycles. The number of benzene rings is 1. The molecule has 2 aromatic rings. The van der Waals surface area contributed by atoms with Crippen molar-refractivity contribution in [2.24, 2.45) is 17.1 Å². The molecule has 148 valence electrons. The number of pyridine rings is 1. The van der Waals surface area contributed by atoms with E-state index in [1.807, 2.05) is 29.2 Å². The van der Waals surface area contributed by atoms with Gasteiger partial charge < -0.3 is 16.0 Å². The molecule has 0 bridgehead atoms. The van der Waals surface area contributed by atoms with E-state index >= 15 is 0 Å². The van der Waals surface area contributed by atoms with Gasteiger partial charge in [0.15, 0.2) is 0 Å². The zero-order valence-corrected chi connectivity index (χ0v) is 16.5. The van der Waals surface area contributed by atoms with E-state index < -0.39 is 0 Å². The molecule has 1 saturated carbocycles. The zero-order valence-electron chi connectivity index (χ0n) is 16.5. The van der Waals surface area contributed by atoms with Gasteiger partial charge in [-0.15, -0.1) is 0 Å². The molecule has 0 radical (unpaired) electrons. The van der Waals surface area contributed by atoms with Crippen molar-refractivity contribution in [3.8, 4) is 0 Å². The predicted octanol–water partition coefficient (Wildman–Crippen LogP) is 3.06. The first-order valence-corrected chi connectivity index (χ1v) is 9.67. The maximum absolute atomic E-state index is 12.7. The Bertz CT molecular complexity index is 814. The first kappa shape index (κ1) is 20.0. The first-order valence-electron chi connectivity index (χ1n) is 9.67. The maximum atomic E-state index is 12.7. The van der Waals surface area contributed by atoms with Crippen LogP contribution >= 0.6 is 0 Å². The summed E-state index contributed by atoms with van der Waals surface area (Å²) in [5.74, 6) is 0.193. The summed E-state index contributed by atoms with van der Waals surface area (Å²) < 4.78 is 0. The Kier molecular flexibility index (Phi) is 6.09. The van der Waals surface area contributed by atoms with Gasteiger partial charge in [-0.2, -0.15) is 0 Å². The summed E-state index contributed by atoms with van der Waals surface area (Å²) in [6.07, 6.45) is 5.13. The van der Waals surface area contributed by atoms with E-state index in [1.54, 1.807) is 18.3 Å². The van der Waals surface area contributed by atoms with Crippen LogP contribution < -0.4 is 11.1 Å². The summed E-state index contributed by atoms with van der Waals surface area (Å²) in [6, 6.07) is 11.1. The molecule has 2 amide bonds. The topological polar surface area (TPSA) is 88.3 Å². The number of rotatable bonds is 8. The maximum Gasteiger partial charge on any atom is 0.257 e. The minimum Gasteiger partial charge on any atom is -0.338 e. The standard InChI is InChI=1S/C22H28N4O2/c1-22(2,14-23)15-26(21(28)17-7-8-17)13-16-5-9-19(10-6-16)25-20(27)18-4-3-11-24-12-18/h3-6,9-12,17H,7-8,13-15,23H2,1-2H3,(H,25,27). The van der Waals surface area contributed by atoms with Crippen LogP contribution in [-0.4, -0.2) is 34.8 Å². The number of nitrogens with one attached hydrogen (secondary N) is 1. The highest BCUT2D eigenvalue weighted by Crippen LogP contribution is 2.32. The number of hydrogen-bond donors (Lipinski definition) is 2. The van der Waals surface area contributed by atoms with Crippen molar-refractivity contribution < 1.29 is 9.59 Å². The van der Waals surface area contributed by atoms with E-state index in [0.717, 1.165) is 18.4 Å². The minimum atomic E-state index is -0.198. The monoisotopic (exact) mass is 380 g/mol. The summed E-state index contributed by atoms with van der Waals surface area (Å²) in [6.45, 7) is 5.88. The lowest BCUT2D eigenvalue weighted by atomic mass is 9.92. The summed E-state index contributed by atoms with van der Waals surface area (Å²) in [4.78, 5) is 30.8. The Morgan fingerprint density at radius 3 is 2.50 bits per heavy atom. The molecule has 1 aliphatic carbocycles. The fourth-order valence-electron chi connectivity index (χ4n) is 3.00. The number of carbonyl (C=O) groups excluding carboxylic acids is 2. The first-order chi connectivity index (χ1) is 13.4. The summed E-state index contributed by atoms with van der Waals surface area (Å²) in [5, 5.41) is 2.86. The second kappa shape index (κ2) is 8.52. The quantitative estimate of drug-likeness (QED) is 0.737. The number of carbonyl (C=O) groups is 2. The Hall–Kier alpha value is -2.73. The summed E-state index contributed by atoms with van der Waals surface area (Å²) in [7, 11) is 0. The van der Waals surface area contributed by atoms with Gasteiger partial charge in [-0.05, 0) is 54.6 Å². The number of aromatic nitrogens is 1.